The van der Waals surface area contributed by atoms with Crippen LogP contribution in [0.2, 0.25) is 0 Å². The van der Waals surface area contributed by atoms with Crippen molar-refractivity contribution < 1.29 is 14.8 Å². The molecular formula is C13H16N2O4S. The van der Waals surface area contributed by atoms with E-state index >= 15 is 0 Å². The first-order valence-electron chi connectivity index (χ1n) is 6.45. The zero-order valence-corrected chi connectivity index (χ0v) is 11.7. The van der Waals surface area contributed by atoms with E-state index in [4.69, 9.17) is 5.11 Å². The van der Waals surface area contributed by atoms with Gasteiger partial charge in [-0.15, -0.1) is 0 Å². The Bertz CT molecular complexity index is 515. The predicted molar refractivity (Wildman–Crippen MR) is 78.6 cm³/mol. The molecule has 0 saturated carbocycles. The molecule has 1 heterocycles. The van der Waals surface area contributed by atoms with Gasteiger partial charge in [0.15, 0.2) is 0 Å². The third kappa shape index (κ3) is 3.63. The maximum atomic E-state index is 11.2. The zero-order chi connectivity index (χ0) is 14.5. The number of hydrogen-bond donors (Lipinski definition) is 2. The third-order valence-corrected chi connectivity index (χ3v) is 4.64. The average molecular weight is 296 g/mol. The number of carboxylic acids is 1. The molecule has 1 aromatic rings. The Morgan fingerprint density at radius 2 is 2.30 bits per heavy atom. The summed E-state index contributed by atoms with van der Waals surface area (Å²) in [5.41, 5.74) is 0.175. The number of hydrogen-bond acceptors (Lipinski definition) is 5. The Labute approximate surface area is 120 Å². The summed E-state index contributed by atoms with van der Waals surface area (Å²) in [5, 5.41) is 23.4. The Morgan fingerprint density at radius 1 is 1.50 bits per heavy atom. The van der Waals surface area contributed by atoms with Gasteiger partial charge >= 0.3 is 5.97 Å². The number of non-ortho nitro benzene ring substituents is 1. The number of nitro groups is 1. The fourth-order valence-electron chi connectivity index (χ4n) is 2.17. The summed E-state index contributed by atoms with van der Waals surface area (Å²) in [5.74, 6) is -0.0224. The molecule has 1 aliphatic rings. The molecular weight excluding hydrogens is 280 g/mol. The topological polar surface area (TPSA) is 92.5 Å². The number of carbonyl (C=O) groups is 1. The summed E-state index contributed by atoms with van der Waals surface area (Å²) in [6.45, 7) is 0.683. The number of benzene rings is 1. The molecule has 1 aromatic carbocycles. The molecule has 1 unspecified atom stereocenters. The van der Waals surface area contributed by atoms with Crippen LogP contribution in [0.15, 0.2) is 18.2 Å². The van der Waals surface area contributed by atoms with Crippen LogP contribution in [-0.2, 0) is 0 Å². The molecule has 0 bridgehead atoms. The number of nitrogens with zero attached hydrogens (tertiary/aromatic N) is 1. The Hall–Kier alpha value is -1.76. The smallest absolute Gasteiger partial charge is 0.338 e. The molecule has 20 heavy (non-hydrogen) atoms. The van der Waals surface area contributed by atoms with Crippen LogP contribution >= 0.6 is 11.8 Å². The molecule has 1 saturated heterocycles. The first-order valence-corrected chi connectivity index (χ1v) is 7.50. The van der Waals surface area contributed by atoms with Crippen LogP contribution in [0.1, 0.15) is 29.6 Å². The summed E-state index contributed by atoms with van der Waals surface area (Å²) in [6.07, 6.45) is 3.55. The molecule has 7 heteroatoms. The van der Waals surface area contributed by atoms with Crippen LogP contribution in [0.4, 0.5) is 11.4 Å². The first-order chi connectivity index (χ1) is 9.58. The van der Waals surface area contributed by atoms with Crippen LogP contribution in [0.3, 0.4) is 0 Å². The van der Waals surface area contributed by atoms with Gasteiger partial charge in [0, 0.05) is 29.6 Å². The molecule has 0 aliphatic carbocycles. The molecule has 0 aromatic heterocycles. The highest BCUT2D eigenvalue weighted by Crippen LogP contribution is 2.27. The van der Waals surface area contributed by atoms with Gasteiger partial charge in [-0.05, 0) is 24.7 Å². The van der Waals surface area contributed by atoms with Gasteiger partial charge in [-0.1, -0.05) is 6.42 Å². The highest BCUT2D eigenvalue weighted by molar-refractivity contribution is 7.99. The van der Waals surface area contributed by atoms with Gasteiger partial charge in [0.1, 0.15) is 0 Å². The van der Waals surface area contributed by atoms with Crippen molar-refractivity contribution in [2.24, 2.45) is 0 Å². The van der Waals surface area contributed by atoms with E-state index in [9.17, 15) is 14.9 Å². The van der Waals surface area contributed by atoms with Gasteiger partial charge in [-0.2, -0.15) is 11.8 Å². The number of nitro benzene ring substituents is 1. The standard InChI is InChI=1S/C13H16N2O4S/c16-13(17)11-7-9(15(18)19)4-5-12(11)14-8-10-3-1-2-6-20-10/h4-5,7,10,14H,1-3,6,8H2,(H,16,17). The van der Waals surface area contributed by atoms with Crippen molar-refractivity contribution in [1.82, 2.24) is 0 Å². The van der Waals surface area contributed by atoms with Crippen LogP contribution in [-0.4, -0.2) is 33.5 Å². The summed E-state index contributed by atoms with van der Waals surface area (Å²) in [6, 6.07) is 3.89. The fourth-order valence-corrected chi connectivity index (χ4v) is 3.41. The van der Waals surface area contributed by atoms with E-state index in [0.29, 0.717) is 17.5 Å². The van der Waals surface area contributed by atoms with Crippen molar-refractivity contribution in [3.63, 3.8) is 0 Å². The number of nitrogens with one attached hydrogen (secondary N) is 1. The van der Waals surface area contributed by atoms with Crippen LogP contribution < -0.4 is 5.32 Å². The molecule has 1 atom stereocenters. The second-order valence-electron chi connectivity index (χ2n) is 4.66. The summed E-state index contributed by atoms with van der Waals surface area (Å²) < 4.78 is 0. The van der Waals surface area contributed by atoms with E-state index in [-0.39, 0.29) is 11.3 Å². The van der Waals surface area contributed by atoms with Gasteiger partial charge in [0.2, 0.25) is 0 Å². The monoisotopic (exact) mass is 296 g/mol. The largest absolute Gasteiger partial charge is 0.478 e. The van der Waals surface area contributed by atoms with Gasteiger partial charge in [0.05, 0.1) is 10.5 Å². The van der Waals surface area contributed by atoms with E-state index in [2.05, 4.69) is 5.32 Å². The van der Waals surface area contributed by atoms with Crippen LogP contribution in [0, 0.1) is 10.1 Å². The molecule has 2 N–H and O–H groups in total. The lowest BCUT2D eigenvalue weighted by Gasteiger charge is -2.22. The fraction of sp³-hybridized carbons (Fsp3) is 0.462. The van der Waals surface area contributed by atoms with Crippen LogP contribution in [0.25, 0.3) is 0 Å². The summed E-state index contributed by atoms with van der Waals surface area (Å²) in [7, 11) is 0. The number of carboxylic acid groups (broad SMARTS) is 1. The predicted octanol–water partition coefficient (Wildman–Crippen LogP) is 2.99. The minimum absolute atomic E-state index is 0.0555. The van der Waals surface area contributed by atoms with Crippen molar-refractivity contribution in [1.29, 1.82) is 0 Å². The lowest BCUT2D eigenvalue weighted by Crippen LogP contribution is -2.21. The van der Waals surface area contributed by atoms with Crippen molar-refractivity contribution in [3.8, 4) is 0 Å². The molecule has 0 spiro atoms. The Balaban J connectivity index is 2.09. The van der Waals surface area contributed by atoms with E-state index in [0.717, 1.165) is 18.2 Å². The maximum Gasteiger partial charge on any atom is 0.338 e. The molecule has 6 nitrogen and oxygen atoms in total. The van der Waals surface area contributed by atoms with Crippen molar-refractivity contribution in [2.75, 3.05) is 17.6 Å². The van der Waals surface area contributed by atoms with E-state index < -0.39 is 10.9 Å². The quantitative estimate of drug-likeness (QED) is 0.641. The number of aromatic carboxylic acids is 1. The number of anilines is 1. The third-order valence-electron chi connectivity index (χ3n) is 3.24. The van der Waals surface area contributed by atoms with E-state index in [1.54, 1.807) is 0 Å². The first kappa shape index (κ1) is 14.6. The van der Waals surface area contributed by atoms with Gasteiger partial charge in [-0.25, -0.2) is 4.79 Å². The van der Waals surface area contributed by atoms with E-state index in [1.807, 2.05) is 11.8 Å². The van der Waals surface area contributed by atoms with E-state index in [1.165, 1.54) is 25.0 Å². The SMILES string of the molecule is O=C(O)c1cc([N+](=O)[O-])ccc1NCC1CCCCS1. The second kappa shape index (κ2) is 6.60. The molecule has 108 valence electrons. The lowest BCUT2D eigenvalue weighted by molar-refractivity contribution is -0.384. The van der Waals surface area contributed by atoms with Crippen LogP contribution in [0.5, 0.6) is 0 Å². The Morgan fingerprint density at radius 3 is 2.90 bits per heavy atom. The van der Waals surface area contributed by atoms with Gasteiger partial charge < -0.3 is 10.4 Å². The van der Waals surface area contributed by atoms with Gasteiger partial charge in [0.25, 0.3) is 5.69 Å². The molecule has 1 fully saturated rings. The molecule has 2 rings (SSSR count). The maximum absolute atomic E-state index is 11.2. The summed E-state index contributed by atoms with van der Waals surface area (Å²) in [4.78, 5) is 21.3. The summed E-state index contributed by atoms with van der Waals surface area (Å²) >= 11 is 1.89. The normalized spacial score (nSPS) is 18.5. The van der Waals surface area contributed by atoms with Gasteiger partial charge in [-0.3, -0.25) is 10.1 Å². The highest BCUT2D eigenvalue weighted by atomic mass is 32.2. The average Bonchev–Trinajstić information content (AvgIpc) is 2.45. The molecule has 1 aliphatic heterocycles. The zero-order valence-electron chi connectivity index (χ0n) is 10.9. The van der Waals surface area contributed by atoms with Crippen molar-refractivity contribution in [2.45, 2.75) is 24.5 Å². The minimum atomic E-state index is -1.16. The highest BCUT2D eigenvalue weighted by Gasteiger charge is 2.18. The molecule has 0 amide bonds. The molecule has 0 radical (unpaired) electrons. The number of rotatable bonds is 5. The minimum Gasteiger partial charge on any atom is -0.478 e. The van der Waals surface area contributed by atoms with Crippen molar-refractivity contribution in [3.05, 3.63) is 33.9 Å². The van der Waals surface area contributed by atoms with Crippen molar-refractivity contribution >= 4 is 29.1 Å². The Kier molecular flexibility index (Phi) is 4.84. The lowest BCUT2D eigenvalue weighted by atomic mass is 10.1. The number of thioether (sulfide) groups is 1. The second-order valence-corrected chi connectivity index (χ2v) is 6.07.